The molecule has 1 aliphatic rings. The number of rotatable bonds is 2. The highest BCUT2D eigenvalue weighted by atomic mass is 15.2. The van der Waals surface area contributed by atoms with Crippen LogP contribution in [0.3, 0.4) is 0 Å². The molecule has 0 bridgehead atoms. The largest absolute Gasteiger partial charge is 0.370 e. The summed E-state index contributed by atoms with van der Waals surface area (Å²) in [4.78, 5) is 4.10. The van der Waals surface area contributed by atoms with Crippen molar-refractivity contribution >= 4 is 5.96 Å². The maximum absolute atomic E-state index is 5.63. The third-order valence-corrected chi connectivity index (χ3v) is 2.22. The molecule has 0 saturated heterocycles. The van der Waals surface area contributed by atoms with Gasteiger partial charge >= 0.3 is 0 Å². The molecule has 14 heavy (non-hydrogen) atoms. The summed E-state index contributed by atoms with van der Waals surface area (Å²) in [5.74, 6) is 0.542. The molecule has 1 aliphatic heterocycles. The van der Waals surface area contributed by atoms with Crippen LogP contribution in [0.2, 0.25) is 0 Å². The lowest BCUT2D eigenvalue weighted by Crippen LogP contribution is -2.51. The van der Waals surface area contributed by atoms with E-state index in [1.165, 1.54) is 5.57 Å². The standard InChI is InChI=1S/C11H19N3/c1-9(2)5-4-6-11(3)7-8-13-10(12)14-11/h4-6H,7-8H2,1-3H3,(H3,12,13,14)/b6-4+/t11-/m0/s1. The van der Waals surface area contributed by atoms with Crippen molar-refractivity contribution in [1.82, 2.24) is 5.32 Å². The van der Waals surface area contributed by atoms with E-state index < -0.39 is 0 Å². The van der Waals surface area contributed by atoms with Gasteiger partial charge in [-0.3, -0.25) is 4.99 Å². The number of nitrogens with zero attached hydrogens (tertiary/aromatic N) is 1. The minimum atomic E-state index is -0.0439. The van der Waals surface area contributed by atoms with Crippen LogP contribution in [-0.2, 0) is 0 Å². The van der Waals surface area contributed by atoms with Crippen molar-refractivity contribution in [2.45, 2.75) is 32.7 Å². The maximum Gasteiger partial charge on any atom is 0.189 e. The summed E-state index contributed by atoms with van der Waals surface area (Å²) in [7, 11) is 0. The average molecular weight is 193 g/mol. The Morgan fingerprint density at radius 2 is 2.29 bits per heavy atom. The second-order valence-corrected chi connectivity index (χ2v) is 4.16. The Hall–Kier alpha value is -1.25. The van der Waals surface area contributed by atoms with Gasteiger partial charge in [-0.25, -0.2) is 0 Å². The van der Waals surface area contributed by atoms with Gasteiger partial charge in [0.1, 0.15) is 0 Å². The molecular weight excluding hydrogens is 174 g/mol. The fourth-order valence-electron chi connectivity index (χ4n) is 1.38. The lowest BCUT2D eigenvalue weighted by atomic mass is 9.96. The highest BCUT2D eigenvalue weighted by Gasteiger charge is 2.23. The first-order chi connectivity index (χ1) is 6.52. The Kier molecular flexibility index (Phi) is 3.33. The maximum atomic E-state index is 5.63. The average Bonchev–Trinajstić information content (AvgIpc) is 2.01. The van der Waals surface area contributed by atoms with Crippen molar-refractivity contribution in [3.8, 4) is 0 Å². The molecule has 0 fully saturated rings. The molecule has 3 nitrogen and oxygen atoms in total. The third kappa shape index (κ3) is 3.24. The number of allylic oxidation sites excluding steroid dienone is 3. The minimum absolute atomic E-state index is 0.0439. The molecule has 0 radical (unpaired) electrons. The Bertz CT molecular complexity index is 285. The highest BCUT2D eigenvalue weighted by Crippen LogP contribution is 2.14. The van der Waals surface area contributed by atoms with Crippen LogP contribution in [0.4, 0.5) is 0 Å². The number of aliphatic imine (C=N–C) groups is 1. The van der Waals surface area contributed by atoms with Crippen molar-refractivity contribution in [2.75, 3.05) is 6.54 Å². The van der Waals surface area contributed by atoms with Crippen molar-refractivity contribution in [1.29, 1.82) is 0 Å². The van der Waals surface area contributed by atoms with E-state index in [1.807, 2.05) is 0 Å². The van der Waals surface area contributed by atoms with Gasteiger partial charge in [-0.05, 0) is 27.2 Å². The Morgan fingerprint density at radius 3 is 2.86 bits per heavy atom. The molecule has 0 aromatic heterocycles. The summed E-state index contributed by atoms with van der Waals surface area (Å²) < 4.78 is 0. The Morgan fingerprint density at radius 1 is 1.57 bits per heavy atom. The van der Waals surface area contributed by atoms with E-state index in [1.54, 1.807) is 0 Å². The minimum Gasteiger partial charge on any atom is -0.370 e. The zero-order valence-electron chi connectivity index (χ0n) is 9.17. The van der Waals surface area contributed by atoms with E-state index in [0.717, 1.165) is 13.0 Å². The number of guanidine groups is 1. The van der Waals surface area contributed by atoms with Crippen molar-refractivity contribution < 1.29 is 0 Å². The van der Waals surface area contributed by atoms with Gasteiger partial charge in [-0.2, -0.15) is 0 Å². The van der Waals surface area contributed by atoms with Crippen molar-refractivity contribution in [2.24, 2.45) is 10.7 Å². The fourth-order valence-corrected chi connectivity index (χ4v) is 1.38. The molecule has 0 spiro atoms. The Labute approximate surface area is 85.8 Å². The molecule has 0 aromatic carbocycles. The molecule has 1 atom stereocenters. The second kappa shape index (κ2) is 4.31. The molecule has 0 aliphatic carbocycles. The normalized spacial score (nSPS) is 26.9. The van der Waals surface area contributed by atoms with E-state index in [2.05, 4.69) is 49.3 Å². The molecule has 1 heterocycles. The molecule has 3 heteroatoms. The van der Waals surface area contributed by atoms with Crippen LogP contribution in [0.1, 0.15) is 27.2 Å². The van der Waals surface area contributed by atoms with E-state index in [-0.39, 0.29) is 5.54 Å². The van der Waals surface area contributed by atoms with Gasteiger partial charge in [-0.15, -0.1) is 0 Å². The van der Waals surface area contributed by atoms with Gasteiger partial charge in [0.05, 0.1) is 5.54 Å². The molecule has 0 saturated carbocycles. The fraction of sp³-hybridized carbons (Fsp3) is 0.545. The summed E-state index contributed by atoms with van der Waals surface area (Å²) >= 11 is 0. The topological polar surface area (TPSA) is 50.4 Å². The summed E-state index contributed by atoms with van der Waals surface area (Å²) in [5, 5.41) is 3.18. The van der Waals surface area contributed by atoms with Crippen molar-refractivity contribution in [3.05, 3.63) is 23.8 Å². The second-order valence-electron chi connectivity index (χ2n) is 4.16. The highest BCUT2D eigenvalue weighted by molar-refractivity contribution is 5.79. The van der Waals surface area contributed by atoms with Crippen LogP contribution in [0, 0.1) is 0 Å². The number of hydrogen-bond donors (Lipinski definition) is 2. The van der Waals surface area contributed by atoms with Gasteiger partial charge < -0.3 is 11.1 Å². The van der Waals surface area contributed by atoms with E-state index in [0.29, 0.717) is 5.96 Å². The number of nitrogens with one attached hydrogen (secondary N) is 1. The van der Waals surface area contributed by atoms with Crippen LogP contribution < -0.4 is 11.1 Å². The number of hydrogen-bond acceptors (Lipinski definition) is 3. The van der Waals surface area contributed by atoms with Gasteiger partial charge in [-0.1, -0.05) is 23.8 Å². The van der Waals surface area contributed by atoms with E-state index in [4.69, 9.17) is 5.73 Å². The summed E-state index contributed by atoms with van der Waals surface area (Å²) in [6.07, 6.45) is 7.29. The first-order valence-electron chi connectivity index (χ1n) is 4.93. The summed E-state index contributed by atoms with van der Waals surface area (Å²) in [6, 6.07) is 0. The van der Waals surface area contributed by atoms with Crippen LogP contribution in [0.15, 0.2) is 28.8 Å². The lowest BCUT2D eigenvalue weighted by molar-refractivity contribution is 0.463. The predicted octanol–water partition coefficient (Wildman–Crippen LogP) is 1.58. The summed E-state index contributed by atoms with van der Waals surface area (Å²) in [5.41, 5.74) is 6.88. The van der Waals surface area contributed by atoms with Gasteiger partial charge in [0.25, 0.3) is 0 Å². The molecular formula is C11H19N3. The molecule has 3 N–H and O–H groups in total. The Balaban J connectivity index is 2.63. The first kappa shape index (κ1) is 10.8. The zero-order chi connectivity index (χ0) is 10.6. The smallest absolute Gasteiger partial charge is 0.189 e. The molecule has 0 unspecified atom stereocenters. The van der Waals surface area contributed by atoms with Gasteiger partial charge in [0, 0.05) is 6.54 Å². The lowest BCUT2D eigenvalue weighted by Gasteiger charge is -2.30. The number of nitrogens with two attached hydrogens (primary N) is 1. The van der Waals surface area contributed by atoms with Crippen molar-refractivity contribution in [3.63, 3.8) is 0 Å². The van der Waals surface area contributed by atoms with Crippen LogP contribution >= 0.6 is 0 Å². The van der Waals surface area contributed by atoms with Crippen LogP contribution in [-0.4, -0.2) is 18.0 Å². The summed E-state index contributed by atoms with van der Waals surface area (Å²) in [6.45, 7) is 7.09. The third-order valence-electron chi connectivity index (χ3n) is 2.22. The molecule has 0 aromatic rings. The first-order valence-corrected chi connectivity index (χ1v) is 4.93. The molecule has 78 valence electrons. The SMILES string of the molecule is CC(C)=C/C=C/[C@@]1(C)CCN=C(N)N1. The van der Waals surface area contributed by atoms with Gasteiger partial charge in [0.15, 0.2) is 5.96 Å². The quantitative estimate of drug-likeness (QED) is 0.654. The van der Waals surface area contributed by atoms with E-state index in [9.17, 15) is 0 Å². The van der Waals surface area contributed by atoms with E-state index >= 15 is 0 Å². The molecule has 0 amide bonds. The van der Waals surface area contributed by atoms with Gasteiger partial charge in [0.2, 0.25) is 0 Å². The zero-order valence-corrected chi connectivity index (χ0v) is 9.17. The predicted molar refractivity (Wildman–Crippen MR) is 61.2 cm³/mol. The molecule has 1 rings (SSSR count). The van der Waals surface area contributed by atoms with Crippen LogP contribution in [0.5, 0.6) is 0 Å². The monoisotopic (exact) mass is 193 g/mol. The van der Waals surface area contributed by atoms with Crippen LogP contribution in [0.25, 0.3) is 0 Å².